The average molecular weight is 942 g/mol. The van der Waals surface area contributed by atoms with Gasteiger partial charge in [0.15, 0.2) is 23.4 Å². The van der Waals surface area contributed by atoms with Gasteiger partial charge < -0.3 is 60.8 Å². The quantitative estimate of drug-likeness (QED) is 0.0148. The summed E-state index contributed by atoms with van der Waals surface area (Å²) < 4.78 is 12.1. The van der Waals surface area contributed by atoms with Crippen LogP contribution in [0.3, 0.4) is 0 Å². The Balaban J connectivity index is 0.859. The minimum Gasteiger partial charge on any atom is -0.508 e. The van der Waals surface area contributed by atoms with Crippen molar-refractivity contribution in [2.75, 3.05) is 38.2 Å². The maximum atomic E-state index is 12.5. The SMILES string of the molecule is C/C(CCCCC(=O)NCC#Cc1cn([C@@H]2O[C@H](CO)[C@@H](O)[C@H]2O)c(=O)[nH]c1=O)=N\OCC(=O)NCCCNC(=S)Nc1ccc(-c2c3ccc(=O)cc-3oc3cc(O)ccc23)c(C(=O)O)c1. The summed E-state index contributed by atoms with van der Waals surface area (Å²) in [5, 5.41) is 65.8. The fourth-order valence-corrected chi connectivity index (χ4v) is 7.29. The number of benzene rings is 3. The Hall–Kier alpha value is -7.42. The number of amides is 2. The zero-order valence-electron chi connectivity index (χ0n) is 35.9. The van der Waals surface area contributed by atoms with Gasteiger partial charge in [-0.3, -0.25) is 28.7 Å². The molecule has 0 unspecified atom stereocenters. The maximum Gasteiger partial charge on any atom is 0.336 e. The van der Waals surface area contributed by atoms with E-state index < -0.39 is 48.4 Å². The molecule has 22 heteroatoms. The number of unbranched alkanes of at least 4 members (excludes halogenated alkanes) is 1. The molecule has 0 spiro atoms. The van der Waals surface area contributed by atoms with E-state index in [0.717, 1.165) is 10.8 Å². The number of hydrogen-bond donors (Lipinski definition) is 10. The Morgan fingerprint density at radius 2 is 1.69 bits per heavy atom. The number of aromatic hydroxyl groups is 1. The number of aromatic nitrogens is 2. The van der Waals surface area contributed by atoms with Gasteiger partial charge in [0.25, 0.3) is 11.5 Å². The van der Waals surface area contributed by atoms with E-state index in [4.69, 9.17) is 26.2 Å². The van der Waals surface area contributed by atoms with E-state index in [1.54, 1.807) is 31.2 Å². The van der Waals surface area contributed by atoms with E-state index in [0.29, 0.717) is 72.2 Å². The number of oxime groups is 1. The number of aliphatic hydroxyl groups is 3. The predicted molar refractivity (Wildman–Crippen MR) is 247 cm³/mol. The van der Waals surface area contributed by atoms with Gasteiger partial charge in [0.1, 0.15) is 41.0 Å². The molecule has 1 aliphatic carbocycles. The lowest BCUT2D eigenvalue weighted by molar-refractivity contribution is -0.125. The largest absolute Gasteiger partial charge is 0.508 e. The van der Waals surface area contributed by atoms with E-state index in [9.17, 15) is 54.3 Å². The highest BCUT2D eigenvalue weighted by Gasteiger charge is 2.44. The molecule has 4 atom stereocenters. The standard InChI is InChI=1S/C45H47N7O14S/c1-24(6-2-3-8-36(56)46-15-4-7-25-21-52(45(63)50-41(25)60)42-40(59)39(58)35(22-53)66-42)51-64-23-37(57)47-16-5-17-48-44(67)49-26-9-12-29(32(18-26)43(61)62)38-30-13-10-27(54)19-33(30)65-34-20-28(55)11-14-31(34)38/h9-14,18-21,35,39-40,42,53-54,58-59H,2-3,5-6,8,15-17,22-23H2,1H3,(H,46,56)(H,47,57)(H,61,62)(H2,48,49,67)(H,50,60,63)/b51-24+/t35-,39-,40-,42-/m1/s1. The molecule has 352 valence electrons. The second-order valence-electron chi connectivity index (χ2n) is 15.3. The topological polar surface area (TPSA) is 316 Å². The predicted octanol–water partition coefficient (Wildman–Crippen LogP) is 1.34. The van der Waals surface area contributed by atoms with Crippen molar-refractivity contribution >= 4 is 57.5 Å². The summed E-state index contributed by atoms with van der Waals surface area (Å²) in [6, 6.07) is 13.4. The molecule has 3 aromatic rings. The molecule has 2 amide bonds. The van der Waals surface area contributed by atoms with E-state index in [-0.39, 0.29) is 70.1 Å². The molecule has 21 nitrogen and oxygen atoms in total. The molecule has 1 fully saturated rings. The normalized spacial score (nSPS) is 16.8. The molecule has 2 aliphatic heterocycles. The van der Waals surface area contributed by atoms with Gasteiger partial charge in [-0.1, -0.05) is 23.1 Å². The molecule has 0 bridgehead atoms. The number of aromatic amines is 1. The van der Waals surface area contributed by atoms with E-state index in [1.807, 2.05) is 0 Å². The average Bonchev–Trinajstić information content (AvgIpc) is 3.57. The molecule has 0 saturated carbocycles. The van der Waals surface area contributed by atoms with Crippen LogP contribution in [0.5, 0.6) is 5.75 Å². The third-order valence-corrected chi connectivity index (χ3v) is 10.6. The first-order valence-electron chi connectivity index (χ1n) is 20.9. The lowest BCUT2D eigenvalue weighted by Crippen LogP contribution is -2.38. The first-order valence-corrected chi connectivity index (χ1v) is 21.3. The monoisotopic (exact) mass is 941 g/mol. The molecule has 1 aromatic heterocycles. The summed E-state index contributed by atoms with van der Waals surface area (Å²) in [4.78, 5) is 81.0. The first kappa shape index (κ1) is 49.0. The molecule has 6 rings (SSSR count). The fraction of sp³-hybridized carbons (Fsp3) is 0.333. The van der Waals surface area contributed by atoms with Crippen molar-refractivity contribution in [3.63, 3.8) is 0 Å². The van der Waals surface area contributed by atoms with Gasteiger partial charge in [0, 0.05) is 60.0 Å². The summed E-state index contributed by atoms with van der Waals surface area (Å²) >= 11 is 5.41. The van der Waals surface area contributed by atoms with Gasteiger partial charge in [0.05, 0.1) is 24.4 Å². The van der Waals surface area contributed by atoms with E-state index in [2.05, 4.69) is 43.2 Å². The molecular formula is C45H47N7O14S. The van der Waals surface area contributed by atoms with Crippen molar-refractivity contribution in [3.8, 4) is 40.0 Å². The van der Waals surface area contributed by atoms with Gasteiger partial charge in [-0.15, -0.1) is 0 Å². The van der Waals surface area contributed by atoms with Gasteiger partial charge in [-0.2, -0.15) is 0 Å². The lowest BCUT2D eigenvalue weighted by Gasteiger charge is -2.18. The number of H-pyrrole nitrogens is 1. The molecule has 3 aliphatic rings. The van der Waals surface area contributed by atoms with Crippen molar-refractivity contribution in [1.82, 2.24) is 25.5 Å². The molecule has 2 aromatic carbocycles. The minimum absolute atomic E-state index is 0.0444. The summed E-state index contributed by atoms with van der Waals surface area (Å²) in [6.45, 7) is 1.41. The van der Waals surface area contributed by atoms with Crippen LogP contribution in [0, 0.1) is 11.8 Å². The fourth-order valence-electron chi connectivity index (χ4n) is 7.07. The van der Waals surface area contributed by atoms with Crippen LogP contribution in [0.15, 0.2) is 84.8 Å². The van der Waals surface area contributed by atoms with Crippen molar-refractivity contribution in [2.24, 2.45) is 5.16 Å². The number of carboxylic acids is 1. The highest BCUT2D eigenvalue weighted by Crippen LogP contribution is 2.42. The van der Waals surface area contributed by atoms with Crippen LogP contribution in [0.4, 0.5) is 5.69 Å². The number of thiocarbonyl (C=S) groups is 1. The molecule has 67 heavy (non-hydrogen) atoms. The van der Waals surface area contributed by atoms with Crippen LogP contribution < -0.4 is 37.9 Å². The number of nitrogens with one attached hydrogen (secondary N) is 5. The number of aromatic carboxylic acids is 1. The van der Waals surface area contributed by atoms with Gasteiger partial charge in [-0.25, -0.2) is 9.59 Å². The molecular weight excluding hydrogens is 895 g/mol. The summed E-state index contributed by atoms with van der Waals surface area (Å²) in [6.07, 6.45) is -2.10. The molecule has 10 N–H and O–H groups in total. The molecule has 0 radical (unpaired) electrons. The molecule has 1 saturated heterocycles. The minimum atomic E-state index is -1.54. The maximum absolute atomic E-state index is 12.5. The van der Waals surface area contributed by atoms with Crippen LogP contribution in [0.2, 0.25) is 0 Å². The zero-order valence-corrected chi connectivity index (χ0v) is 36.7. The van der Waals surface area contributed by atoms with Gasteiger partial charge in [-0.05, 0) is 86.8 Å². The number of fused-ring (bicyclic) bond motifs is 2. The second kappa shape index (κ2) is 22.7. The zero-order chi connectivity index (χ0) is 48.2. The Kier molecular flexibility index (Phi) is 16.6. The number of carbonyl (C=O) groups excluding carboxylic acids is 2. The molecule has 3 heterocycles. The van der Waals surface area contributed by atoms with Crippen molar-refractivity contribution in [1.29, 1.82) is 0 Å². The number of phenolic OH excluding ortho intramolecular Hbond substituents is 1. The second-order valence-corrected chi connectivity index (χ2v) is 15.7. The summed E-state index contributed by atoms with van der Waals surface area (Å²) in [7, 11) is 0. The number of hydrogen-bond acceptors (Lipinski definition) is 15. The Bertz CT molecular complexity index is 2900. The number of carbonyl (C=O) groups is 3. The number of nitrogens with zero attached hydrogens (tertiary/aromatic N) is 2. The third kappa shape index (κ3) is 12.7. The third-order valence-electron chi connectivity index (χ3n) is 10.4. The van der Waals surface area contributed by atoms with Crippen LogP contribution in [-0.4, -0.2) is 115 Å². The number of rotatable bonds is 18. The smallest absolute Gasteiger partial charge is 0.336 e. The highest BCUT2D eigenvalue weighted by atomic mass is 32.1. The number of carboxylic acid groups (broad SMARTS) is 1. The Labute approximate surface area is 385 Å². The summed E-state index contributed by atoms with van der Waals surface area (Å²) in [5.41, 5.74) is 0.488. The van der Waals surface area contributed by atoms with Gasteiger partial charge >= 0.3 is 11.7 Å². The first-order chi connectivity index (χ1) is 32.1. The number of anilines is 1. The highest BCUT2D eigenvalue weighted by molar-refractivity contribution is 7.80. The van der Waals surface area contributed by atoms with Crippen LogP contribution >= 0.6 is 12.2 Å². The number of phenols is 1. The van der Waals surface area contributed by atoms with Crippen LogP contribution in [-0.2, 0) is 19.2 Å². The Morgan fingerprint density at radius 1 is 0.925 bits per heavy atom. The number of aliphatic hydroxyl groups excluding tert-OH is 3. The number of ether oxygens (including phenoxy) is 1. The van der Waals surface area contributed by atoms with Crippen LogP contribution in [0.25, 0.3) is 33.4 Å². The van der Waals surface area contributed by atoms with Crippen molar-refractivity contribution < 1.29 is 53.9 Å². The summed E-state index contributed by atoms with van der Waals surface area (Å²) in [5.74, 6) is 3.48. The van der Waals surface area contributed by atoms with Crippen LogP contribution in [0.1, 0.15) is 61.2 Å². The van der Waals surface area contributed by atoms with Gasteiger partial charge in [0.2, 0.25) is 5.91 Å². The van der Waals surface area contributed by atoms with E-state index in [1.165, 1.54) is 30.3 Å². The Morgan fingerprint density at radius 3 is 2.45 bits per heavy atom. The lowest BCUT2D eigenvalue weighted by atomic mass is 9.90. The van der Waals surface area contributed by atoms with Crippen molar-refractivity contribution in [2.45, 2.75) is 63.6 Å². The van der Waals surface area contributed by atoms with Crippen molar-refractivity contribution in [3.05, 3.63) is 103 Å². The van der Waals surface area contributed by atoms with E-state index >= 15 is 0 Å².